The molecule has 0 spiro atoms. The second kappa shape index (κ2) is 8.94. The van der Waals surface area contributed by atoms with Crippen LogP contribution in [0.4, 0.5) is 11.6 Å². The summed E-state index contributed by atoms with van der Waals surface area (Å²) in [5.41, 5.74) is 7.25. The molecule has 7 nitrogen and oxygen atoms in total. The molecule has 2 aromatic heterocycles. The number of rotatable bonds is 5. The lowest BCUT2D eigenvalue weighted by Crippen LogP contribution is -2.25. The average molecular weight is 451 g/mol. The minimum atomic E-state index is -0.114. The van der Waals surface area contributed by atoms with Gasteiger partial charge in [0.05, 0.1) is 17.4 Å². The fraction of sp³-hybridized carbons (Fsp3) is 0.185. The number of fused-ring (bicyclic) bond motifs is 1. The summed E-state index contributed by atoms with van der Waals surface area (Å²) in [6.07, 6.45) is 7.90. The molecular weight excluding hydrogens is 424 g/mol. The summed E-state index contributed by atoms with van der Waals surface area (Å²) in [7, 11) is 1.88. The van der Waals surface area contributed by atoms with Gasteiger partial charge >= 0.3 is 0 Å². The molecule has 0 bridgehead atoms. The summed E-state index contributed by atoms with van der Waals surface area (Å²) in [6.45, 7) is 4.11. The lowest BCUT2D eigenvalue weighted by atomic mass is 9.97. The number of amides is 1. The van der Waals surface area contributed by atoms with Gasteiger partial charge in [-0.05, 0) is 68.2 Å². The molecule has 0 aliphatic heterocycles. The first-order valence-corrected chi connectivity index (χ1v) is 11.3. The van der Waals surface area contributed by atoms with Crippen molar-refractivity contribution in [1.82, 2.24) is 25.1 Å². The van der Waals surface area contributed by atoms with Crippen molar-refractivity contribution in [3.8, 4) is 11.3 Å². The van der Waals surface area contributed by atoms with Crippen LogP contribution in [0.2, 0.25) is 0 Å². The van der Waals surface area contributed by atoms with Crippen molar-refractivity contribution in [2.24, 2.45) is 7.05 Å². The Bertz CT molecular complexity index is 1450. The average Bonchev–Trinajstić information content (AvgIpc) is 3.27. The topological polar surface area (TPSA) is 84.7 Å². The first-order valence-electron chi connectivity index (χ1n) is 11.3. The molecule has 5 rings (SSSR count). The van der Waals surface area contributed by atoms with E-state index in [4.69, 9.17) is 4.98 Å². The molecule has 1 aliphatic carbocycles. The van der Waals surface area contributed by atoms with Crippen molar-refractivity contribution in [3.63, 3.8) is 0 Å². The first-order chi connectivity index (χ1) is 16.5. The number of hydrogen-bond acceptors (Lipinski definition) is 5. The Labute approximate surface area is 198 Å². The van der Waals surface area contributed by atoms with Crippen LogP contribution in [0.15, 0.2) is 83.8 Å². The third kappa shape index (κ3) is 4.32. The van der Waals surface area contributed by atoms with Crippen molar-refractivity contribution in [2.45, 2.75) is 26.7 Å². The molecule has 2 N–H and O–H groups in total. The Hall–Kier alpha value is -4.26. The molecule has 0 saturated carbocycles. The maximum absolute atomic E-state index is 12.8. The quantitative estimate of drug-likeness (QED) is 0.418. The second-order valence-corrected chi connectivity index (χ2v) is 8.55. The normalized spacial score (nSPS) is 13.7. The zero-order valence-corrected chi connectivity index (χ0v) is 19.5. The summed E-state index contributed by atoms with van der Waals surface area (Å²) < 4.78 is 1.76. The highest BCUT2D eigenvalue weighted by molar-refractivity contribution is 5.96. The molecule has 1 aliphatic rings. The molecule has 1 amide bonds. The molecule has 0 saturated heterocycles. The number of nitrogens with zero attached hydrogens (tertiary/aromatic N) is 4. The Morgan fingerprint density at radius 1 is 1.03 bits per heavy atom. The highest BCUT2D eigenvalue weighted by Gasteiger charge is 2.15. The first kappa shape index (κ1) is 21.6. The van der Waals surface area contributed by atoms with Gasteiger partial charge in [-0.1, -0.05) is 24.3 Å². The van der Waals surface area contributed by atoms with Gasteiger partial charge < -0.3 is 10.6 Å². The standard InChI is InChI=1S/C27H26N6O/c1-17-7-6-8-18(2)24(17)31-26(34)19-11-13-21(14-12-19)29-27-30-23-10-5-4-9-22(23)25(32-27)20-15-28-33(3)16-20/h4-5,7,9-16H,6,8H2,1-3H3,(H,31,34)(H,29,30,32). The van der Waals surface area contributed by atoms with Crippen LogP contribution in [-0.4, -0.2) is 25.7 Å². The van der Waals surface area contributed by atoms with E-state index in [1.165, 1.54) is 5.57 Å². The van der Waals surface area contributed by atoms with E-state index < -0.39 is 0 Å². The van der Waals surface area contributed by atoms with Crippen molar-refractivity contribution >= 4 is 28.4 Å². The minimum absolute atomic E-state index is 0.114. The van der Waals surface area contributed by atoms with Crippen molar-refractivity contribution in [2.75, 3.05) is 5.32 Å². The van der Waals surface area contributed by atoms with Gasteiger partial charge in [0.25, 0.3) is 5.91 Å². The molecule has 0 atom stereocenters. The number of para-hydroxylation sites is 1. The van der Waals surface area contributed by atoms with Crippen LogP contribution in [0.1, 0.15) is 37.0 Å². The van der Waals surface area contributed by atoms with Gasteiger partial charge in [-0.3, -0.25) is 9.48 Å². The molecule has 0 radical (unpaired) electrons. The lowest BCUT2D eigenvalue weighted by Gasteiger charge is -2.18. The molecule has 170 valence electrons. The molecule has 7 heteroatoms. The van der Waals surface area contributed by atoms with Crippen LogP contribution in [0, 0.1) is 0 Å². The molecule has 4 aromatic rings. The zero-order valence-electron chi connectivity index (χ0n) is 19.5. The van der Waals surface area contributed by atoms with Crippen LogP contribution in [0.25, 0.3) is 22.2 Å². The summed E-state index contributed by atoms with van der Waals surface area (Å²) in [6, 6.07) is 15.2. The van der Waals surface area contributed by atoms with Crippen LogP contribution in [0.3, 0.4) is 0 Å². The Balaban J connectivity index is 1.38. The summed E-state index contributed by atoms with van der Waals surface area (Å²) >= 11 is 0. The lowest BCUT2D eigenvalue weighted by molar-refractivity contribution is 0.0966. The fourth-order valence-electron chi connectivity index (χ4n) is 4.19. The minimum Gasteiger partial charge on any atom is -0.324 e. The van der Waals surface area contributed by atoms with E-state index in [2.05, 4.69) is 33.7 Å². The van der Waals surface area contributed by atoms with E-state index in [0.29, 0.717) is 11.5 Å². The Kier molecular flexibility index (Phi) is 5.67. The highest BCUT2D eigenvalue weighted by atomic mass is 16.1. The van der Waals surface area contributed by atoms with E-state index >= 15 is 0 Å². The van der Waals surface area contributed by atoms with Gasteiger partial charge in [0.1, 0.15) is 0 Å². The Morgan fingerprint density at radius 3 is 2.56 bits per heavy atom. The van der Waals surface area contributed by atoms with Gasteiger partial charge in [-0.2, -0.15) is 5.10 Å². The molecule has 0 unspecified atom stereocenters. The molecule has 2 heterocycles. The maximum atomic E-state index is 12.8. The van der Waals surface area contributed by atoms with Crippen molar-refractivity contribution < 1.29 is 4.79 Å². The van der Waals surface area contributed by atoms with E-state index in [1.54, 1.807) is 23.0 Å². The van der Waals surface area contributed by atoms with Gasteiger partial charge in [0.2, 0.25) is 5.95 Å². The number of anilines is 2. The predicted octanol–water partition coefficient (Wildman–Crippen LogP) is 5.52. The third-order valence-electron chi connectivity index (χ3n) is 6.01. The van der Waals surface area contributed by atoms with Crippen LogP contribution in [-0.2, 0) is 7.05 Å². The molecule has 2 aromatic carbocycles. The van der Waals surface area contributed by atoms with E-state index in [-0.39, 0.29) is 5.91 Å². The number of nitrogens with one attached hydrogen (secondary N) is 2. The van der Waals surface area contributed by atoms with Gasteiger partial charge in [0, 0.05) is 41.1 Å². The van der Waals surface area contributed by atoms with Gasteiger partial charge in [-0.15, -0.1) is 0 Å². The number of aryl methyl sites for hydroxylation is 1. The van der Waals surface area contributed by atoms with Crippen LogP contribution >= 0.6 is 0 Å². The molecule has 34 heavy (non-hydrogen) atoms. The van der Waals surface area contributed by atoms with Crippen molar-refractivity contribution in [1.29, 1.82) is 0 Å². The summed E-state index contributed by atoms with van der Waals surface area (Å²) in [4.78, 5) is 22.2. The number of hydrogen-bond donors (Lipinski definition) is 2. The van der Waals surface area contributed by atoms with E-state index in [0.717, 1.165) is 52.0 Å². The summed E-state index contributed by atoms with van der Waals surface area (Å²) in [5, 5.41) is 11.6. The van der Waals surface area contributed by atoms with Gasteiger partial charge in [-0.25, -0.2) is 9.97 Å². The van der Waals surface area contributed by atoms with Crippen LogP contribution < -0.4 is 10.6 Å². The monoisotopic (exact) mass is 450 g/mol. The number of carbonyl (C=O) groups is 1. The molecule has 0 fully saturated rings. The smallest absolute Gasteiger partial charge is 0.255 e. The second-order valence-electron chi connectivity index (χ2n) is 8.55. The van der Waals surface area contributed by atoms with Crippen LogP contribution in [0.5, 0.6) is 0 Å². The summed E-state index contributed by atoms with van der Waals surface area (Å²) in [5.74, 6) is 0.370. The third-order valence-corrected chi connectivity index (χ3v) is 6.01. The SMILES string of the molecule is CC1=CCCC(C)=C1NC(=O)c1ccc(Nc2nc(-c3cnn(C)c3)c3ccccc3n2)cc1. The number of benzene rings is 2. The number of carbonyl (C=O) groups excluding carboxylic acids is 1. The Morgan fingerprint density at radius 2 is 1.82 bits per heavy atom. The van der Waals surface area contributed by atoms with Gasteiger partial charge in [0.15, 0.2) is 0 Å². The largest absolute Gasteiger partial charge is 0.324 e. The molecular formula is C27H26N6O. The maximum Gasteiger partial charge on any atom is 0.255 e. The van der Waals surface area contributed by atoms with Crippen molar-refractivity contribution in [3.05, 3.63) is 89.4 Å². The number of aromatic nitrogens is 4. The number of allylic oxidation sites excluding steroid dienone is 3. The zero-order chi connectivity index (χ0) is 23.7. The fourth-order valence-corrected chi connectivity index (χ4v) is 4.19. The highest BCUT2D eigenvalue weighted by Crippen LogP contribution is 2.28. The predicted molar refractivity (Wildman–Crippen MR) is 135 cm³/mol. The van der Waals surface area contributed by atoms with E-state index in [9.17, 15) is 4.79 Å². The van der Waals surface area contributed by atoms with E-state index in [1.807, 2.05) is 56.6 Å².